The van der Waals surface area contributed by atoms with Gasteiger partial charge in [0.2, 0.25) is 5.91 Å². The average Bonchev–Trinajstić information content (AvgIpc) is 2.89. The first kappa shape index (κ1) is 21.8. The highest BCUT2D eigenvalue weighted by Crippen LogP contribution is 2.27. The number of anilines is 1. The lowest BCUT2D eigenvalue weighted by Gasteiger charge is -2.20. The number of rotatable bonds is 5. The van der Waals surface area contributed by atoms with Gasteiger partial charge in [0, 0.05) is 22.7 Å². The van der Waals surface area contributed by atoms with Gasteiger partial charge in [0.05, 0.1) is 6.21 Å². The zero-order valence-corrected chi connectivity index (χ0v) is 19.0. The van der Waals surface area contributed by atoms with Crippen molar-refractivity contribution in [3.8, 4) is 0 Å². The van der Waals surface area contributed by atoms with Crippen molar-refractivity contribution < 1.29 is 9.59 Å². The summed E-state index contributed by atoms with van der Waals surface area (Å²) < 4.78 is 0. The van der Waals surface area contributed by atoms with Crippen molar-refractivity contribution in [2.24, 2.45) is 11.0 Å². The molecule has 0 radical (unpaired) electrons. The van der Waals surface area contributed by atoms with Gasteiger partial charge in [-0.2, -0.15) is 5.10 Å². The molecule has 4 aromatic rings. The van der Waals surface area contributed by atoms with E-state index in [1.54, 1.807) is 30.5 Å². The van der Waals surface area contributed by atoms with Crippen LogP contribution in [0.5, 0.6) is 0 Å². The number of carbonyl (C=O) groups excluding carboxylic acids is 2. The molecule has 1 fully saturated rings. The number of amides is 2. The Bertz CT molecular complexity index is 1320. The highest BCUT2D eigenvalue weighted by molar-refractivity contribution is 6.13. The van der Waals surface area contributed by atoms with Gasteiger partial charge in [-0.05, 0) is 64.7 Å². The normalized spacial score (nSPS) is 14.5. The third-order valence-electron chi connectivity index (χ3n) is 6.56. The van der Waals surface area contributed by atoms with Crippen LogP contribution in [0.4, 0.5) is 5.69 Å². The fourth-order valence-electron chi connectivity index (χ4n) is 4.72. The first-order valence-electron chi connectivity index (χ1n) is 11.8. The number of fused-ring (bicyclic) bond motifs is 2. The van der Waals surface area contributed by atoms with Crippen LogP contribution in [0.25, 0.3) is 21.5 Å². The van der Waals surface area contributed by atoms with E-state index in [0.29, 0.717) is 11.3 Å². The number of hydrazone groups is 1. The van der Waals surface area contributed by atoms with Crippen LogP contribution < -0.4 is 10.7 Å². The molecule has 0 unspecified atom stereocenters. The molecule has 1 aliphatic rings. The summed E-state index contributed by atoms with van der Waals surface area (Å²) in [5, 5.41) is 11.6. The standard InChI is InChI=1S/C29H27N3O2/c33-28(20-8-2-1-3-9-20)31-24-16-14-21(15-17-24)29(34)32-30-19-27-25-12-6-4-10-22(25)18-23-11-5-7-13-26(23)27/h4-7,10-20H,1-3,8-9H2,(H,31,33)(H,32,34)/b30-19+. The first-order valence-corrected chi connectivity index (χ1v) is 11.8. The van der Waals surface area contributed by atoms with Crippen molar-refractivity contribution in [1.82, 2.24) is 5.43 Å². The van der Waals surface area contributed by atoms with Crippen molar-refractivity contribution in [3.63, 3.8) is 0 Å². The van der Waals surface area contributed by atoms with Crippen LogP contribution in [0.1, 0.15) is 48.0 Å². The van der Waals surface area contributed by atoms with Gasteiger partial charge >= 0.3 is 0 Å². The molecule has 0 aromatic heterocycles. The van der Waals surface area contributed by atoms with E-state index in [4.69, 9.17) is 0 Å². The predicted molar refractivity (Wildman–Crippen MR) is 138 cm³/mol. The van der Waals surface area contributed by atoms with Crippen LogP contribution >= 0.6 is 0 Å². The Hall–Kier alpha value is -3.99. The quantitative estimate of drug-likeness (QED) is 0.214. The van der Waals surface area contributed by atoms with E-state index in [-0.39, 0.29) is 17.7 Å². The predicted octanol–water partition coefficient (Wildman–Crippen LogP) is 6.28. The lowest BCUT2D eigenvalue weighted by atomic mass is 9.88. The molecule has 34 heavy (non-hydrogen) atoms. The Balaban J connectivity index is 1.28. The summed E-state index contributed by atoms with van der Waals surface area (Å²) in [7, 11) is 0. The number of nitrogens with one attached hydrogen (secondary N) is 2. The SMILES string of the molecule is O=C(N/N=C/c1c2ccccc2cc2ccccc12)c1ccc(NC(=O)C2CCCCC2)cc1. The summed E-state index contributed by atoms with van der Waals surface area (Å²) in [5.41, 5.74) is 4.79. The minimum Gasteiger partial charge on any atom is -0.326 e. The van der Waals surface area contributed by atoms with E-state index >= 15 is 0 Å². The molecule has 5 rings (SSSR count). The second kappa shape index (κ2) is 9.87. The molecule has 2 N–H and O–H groups in total. The van der Waals surface area contributed by atoms with Gasteiger partial charge in [-0.15, -0.1) is 0 Å². The minimum atomic E-state index is -0.300. The van der Waals surface area contributed by atoms with E-state index in [1.807, 2.05) is 24.3 Å². The van der Waals surface area contributed by atoms with Gasteiger partial charge in [-0.25, -0.2) is 5.43 Å². The molecule has 2 amide bonds. The highest BCUT2D eigenvalue weighted by Gasteiger charge is 2.21. The zero-order valence-electron chi connectivity index (χ0n) is 19.0. The summed E-state index contributed by atoms with van der Waals surface area (Å²) in [6.07, 6.45) is 7.07. The van der Waals surface area contributed by atoms with E-state index in [1.165, 1.54) is 6.42 Å². The summed E-state index contributed by atoms with van der Waals surface area (Å²) in [4.78, 5) is 25.1. The molecule has 1 saturated carbocycles. The Morgan fingerprint density at radius 1 is 0.794 bits per heavy atom. The van der Waals surface area contributed by atoms with Gasteiger partial charge < -0.3 is 5.32 Å². The van der Waals surface area contributed by atoms with Crippen molar-refractivity contribution in [2.45, 2.75) is 32.1 Å². The molecule has 4 aromatic carbocycles. The Morgan fingerprint density at radius 3 is 2.06 bits per heavy atom. The molecule has 0 saturated heterocycles. The van der Waals surface area contributed by atoms with Gasteiger partial charge in [0.25, 0.3) is 5.91 Å². The number of hydrogen-bond acceptors (Lipinski definition) is 3. The number of nitrogens with zero attached hydrogens (tertiary/aromatic N) is 1. The zero-order chi connectivity index (χ0) is 23.3. The van der Waals surface area contributed by atoms with Crippen LogP contribution in [0, 0.1) is 5.92 Å². The van der Waals surface area contributed by atoms with E-state index in [0.717, 1.165) is 52.8 Å². The first-order chi connectivity index (χ1) is 16.7. The fraction of sp³-hybridized carbons (Fsp3) is 0.207. The molecule has 5 heteroatoms. The van der Waals surface area contributed by atoms with Gasteiger partial charge in [-0.3, -0.25) is 9.59 Å². The molecular weight excluding hydrogens is 422 g/mol. The fourth-order valence-corrected chi connectivity index (χ4v) is 4.72. The second-order valence-electron chi connectivity index (χ2n) is 8.83. The lowest BCUT2D eigenvalue weighted by Crippen LogP contribution is -2.24. The number of benzene rings is 4. The summed E-state index contributed by atoms with van der Waals surface area (Å²) in [5.74, 6) is -0.133. The van der Waals surface area contributed by atoms with Gasteiger partial charge in [0.1, 0.15) is 0 Å². The molecule has 0 aliphatic heterocycles. The summed E-state index contributed by atoms with van der Waals surface area (Å²) >= 11 is 0. The highest BCUT2D eigenvalue weighted by atomic mass is 16.2. The van der Waals surface area contributed by atoms with Gasteiger partial charge in [-0.1, -0.05) is 67.8 Å². The molecule has 170 valence electrons. The Kier molecular flexibility index (Phi) is 6.34. The number of carbonyl (C=O) groups is 2. The van der Waals surface area contributed by atoms with Crippen LogP contribution in [-0.2, 0) is 4.79 Å². The molecule has 0 bridgehead atoms. The van der Waals surface area contributed by atoms with E-state index in [2.05, 4.69) is 46.2 Å². The van der Waals surface area contributed by atoms with Crippen molar-refractivity contribution in [2.75, 3.05) is 5.32 Å². The van der Waals surface area contributed by atoms with Crippen molar-refractivity contribution >= 4 is 45.3 Å². The third-order valence-corrected chi connectivity index (χ3v) is 6.56. The smallest absolute Gasteiger partial charge is 0.271 e. The van der Waals surface area contributed by atoms with Crippen LogP contribution in [-0.4, -0.2) is 18.0 Å². The molecule has 0 heterocycles. The van der Waals surface area contributed by atoms with E-state index < -0.39 is 0 Å². The third kappa shape index (κ3) is 4.69. The van der Waals surface area contributed by atoms with Crippen molar-refractivity contribution in [3.05, 3.63) is 90.0 Å². The number of hydrogen-bond donors (Lipinski definition) is 2. The Labute approximate surface area is 198 Å². The van der Waals surface area contributed by atoms with Crippen LogP contribution in [0.2, 0.25) is 0 Å². The largest absolute Gasteiger partial charge is 0.326 e. The van der Waals surface area contributed by atoms with Gasteiger partial charge in [0.15, 0.2) is 0 Å². The average molecular weight is 450 g/mol. The Morgan fingerprint density at radius 2 is 1.41 bits per heavy atom. The molecule has 5 nitrogen and oxygen atoms in total. The maximum atomic E-state index is 12.6. The second-order valence-corrected chi connectivity index (χ2v) is 8.83. The maximum absolute atomic E-state index is 12.6. The van der Waals surface area contributed by atoms with E-state index in [9.17, 15) is 9.59 Å². The topological polar surface area (TPSA) is 70.6 Å². The van der Waals surface area contributed by atoms with Crippen LogP contribution in [0.15, 0.2) is 84.0 Å². The minimum absolute atomic E-state index is 0.0730. The van der Waals surface area contributed by atoms with Crippen molar-refractivity contribution in [1.29, 1.82) is 0 Å². The van der Waals surface area contributed by atoms with Crippen LogP contribution in [0.3, 0.4) is 0 Å². The monoisotopic (exact) mass is 449 g/mol. The maximum Gasteiger partial charge on any atom is 0.271 e. The molecule has 0 spiro atoms. The molecular formula is C29H27N3O2. The lowest BCUT2D eigenvalue weighted by molar-refractivity contribution is -0.120. The summed E-state index contributed by atoms with van der Waals surface area (Å²) in [6, 6.07) is 25.4. The summed E-state index contributed by atoms with van der Waals surface area (Å²) in [6.45, 7) is 0. The molecule has 1 aliphatic carbocycles. The molecule has 0 atom stereocenters.